The van der Waals surface area contributed by atoms with Crippen molar-refractivity contribution < 1.29 is 13.2 Å². The van der Waals surface area contributed by atoms with E-state index in [-0.39, 0.29) is 15.5 Å². The van der Waals surface area contributed by atoms with E-state index in [1.807, 2.05) is 0 Å². The Hall–Kier alpha value is -1.50. The Bertz CT molecular complexity index is 933. The van der Waals surface area contributed by atoms with Crippen LogP contribution in [-0.2, 0) is 0 Å². The number of halogens is 5. The third-order valence-electron chi connectivity index (χ3n) is 2.95. The van der Waals surface area contributed by atoms with E-state index in [0.29, 0.717) is 22.1 Å². The van der Waals surface area contributed by atoms with Gasteiger partial charge in [0.25, 0.3) is 0 Å². The molecule has 0 unspecified atom stereocenters. The minimum absolute atomic E-state index is 0.105. The smallest absolute Gasteiger partial charge is 0.182 e. The molecule has 1 aromatic heterocycles. The third kappa shape index (κ3) is 2.33. The van der Waals surface area contributed by atoms with Gasteiger partial charge in [-0.25, -0.2) is 13.2 Å². The highest BCUT2D eigenvalue weighted by molar-refractivity contribution is 7.71. The van der Waals surface area contributed by atoms with Gasteiger partial charge in [0.05, 0.1) is 26.8 Å². The van der Waals surface area contributed by atoms with Crippen molar-refractivity contribution in [2.45, 2.75) is 0 Å². The summed E-state index contributed by atoms with van der Waals surface area (Å²) in [6, 6.07) is 4.18. The number of imidazole rings is 1. The van der Waals surface area contributed by atoms with Crippen LogP contribution < -0.4 is 0 Å². The fourth-order valence-electron chi connectivity index (χ4n) is 2.02. The van der Waals surface area contributed by atoms with Crippen LogP contribution in [0.4, 0.5) is 13.2 Å². The van der Waals surface area contributed by atoms with Crippen molar-refractivity contribution >= 4 is 46.5 Å². The molecule has 8 heteroatoms. The summed E-state index contributed by atoms with van der Waals surface area (Å²) in [5.74, 6) is -3.40. The molecule has 2 nitrogen and oxygen atoms in total. The summed E-state index contributed by atoms with van der Waals surface area (Å²) in [4.78, 5) is 2.81. The van der Waals surface area contributed by atoms with E-state index in [1.165, 1.54) is 16.7 Å². The summed E-state index contributed by atoms with van der Waals surface area (Å²) in [5.41, 5.74) is 0.682. The van der Waals surface area contributed by atoms with Gasteiger partial charge in [-0.05, 0) is 24.4 Å². The lowest BCUT2D eigenvalue weighted by molar-refractivity contribution is 0.493. The highest BCUT2D eigenvalue weighted by Gasteiger charge is 2.16. The van der Waals surface area contributed by atoms with Crippen LogP contribution >= 0.6 is 35.4 Å². The predicted octanol–water partition coefficient (Wildman–Crippen LogP) is 5.41. The first-order chi connectivity index (χ1) is 9.88. The van der Waals surface area contributed by atoms with Crippen molar-refractivity contribution in [3.8, 4) is 5.69 Å². The van der Waals surface area contributed by atoms with Gasteiger partial charge in [-0.2, -0.15) is 0 Å². The molecule has 0 aliphatic heterocycles. The first-order valence-electron chi connectivity index (χ1n) is 5.63. The second-order valence-corrected chi connectivity index (χ2v) is 5.47. The molecule has 108 valence electrons. The fourth-order valence-corrected chi connectivity index (χ4v) is 2.65. The van der Waals surface area contributed by atoms with E-state index in [1.54, 1.807) is 0 Å². The summed E-state index contributed by atoms with van der Waals surface area (Å²) < 4.78 is 41.7. The summed E-state index contributed by atoms with van der Waals surface area (Å²) in [6.07, 6.45) is 0. The van der Waals surface area contributed by atoms with Crippen molar-refractivity contribution in [1.29, 1.82) is 0 Å². The van der Waals surface area contributed by atoms with E-state index < -0.39 is 17.5 Å². The SMILES string of the molecule is Fc1cc(F)c(-n2c(=S)[nH]c3cc(Cl)c(Cl)cc32)cc1F. The lowest BCUT2D eigenvalue weighted by atomic mass is 10.2. The third-order valence-corrected chi connectivity index (χ3v) is 3.96. The number of rotatable bonds is 1. The van der Waals surface area contributed by atoms with Crippen molar-refractivity contribution in [1.82, 2.24) is 9.55 Å². The van der Waals surface area contributed by atoms with Gasteiger partial charge in [0, 0.05) is 12.1 Å². The summed E-state index contributed by atoms with van der Waals surface area (Å²) in [7, 11) is 0. The molecule has 1 N–H and O–H groups in total. The number of nitrogens with zero attached hydrogens (tertiary/aromatic N) is 1. The average Bonchev–Trinajstić information content (AvgIpc) is 2.70. The van der Waals surface area contributed by atoms with Gasteiger partial charge in [-0.3, -0.25) is 4.57 Å². The van der Waals surface area contributed by atoms with Crippen LogP contribution in [0.1, 0.15) is 0 Å². The fraction of sp³-hybridized carbons (Fsp3) is 0. The van der Waals surface area contributed by atoms with Gasteiger partial charge in [-0.1, -0.05) is 23.2 Å². The quantitative estimate of drug-likeness (QED) is 0.460. The Balaban J connectivity index is 2.40. The molecule has 0 bridgehead atoms. The molecular formula is C13H5Cl2F3N2S. The number of fused-ring (bicyclic) bond motifs is 1. The Morgan fingerprint density at radius 3 is 2.24 bits per heavy atom. The zero-order valence-corrected chi connectivity index (χ0v) is 12.4. The first-order valence-corrected chi connectivity index (χ1v) is 6.79. The summed E-state index contributed by atoms with van der Waals surface area (Å²) in [6.45, 7) is 0. The molecule has 3 aromatic rings. The molecule has 0 radical (unpaired) electrons. The maximum atomic E-state index is 13.9. The molecule has 0 spiro atoms. The van der Waals surface area contributed by atoms with Crippen molar-refractivity contribution in [2.75, 3.05) is 0 Å². The standard InChI is InChI=1S/C13H5Cl2F3N2S/c14-5-1-10-12(2-6(5)15)20(13(21)19-10)11-4-8(17)7(16)3-9(11)18/h1-4H,(H,19,21). The minimum Gasteiger partial charge on any atom is -0.330 e. The molecular weight excluding hydrogens is 344 g/mol. The number of hydrogen-bond donors (Lipinski definition) is 1. The van der Waals surface area contributed by atoms with Crippen LogP contribution in [0.3, 0.4) is 0 Å². The van der Waals surface area contributed by atoms with Crippen molar-refractivity contribution in [2.24, 2.45) is 0 Å². The topological polar surface area (TPSA) is 20.7 Å². The Kier molecular flexibility index (Phi) is 3.47. The molecule has 0 aliphatic rings. The van der Waals surface area contributed by atoms with E-state index in [4.69, 9.17) is 35.4 Å². The zero-order valence-electron chi connectivity index (χ0n) is 10.1. The van der Waals surface area contributed by atoms with Gasteiger partial charge in [-0.15, -0.1) is 0 Å². The maximum absolute atomic E-state index is 13.9. The van der Waals surface area contributed by atoms with Crippen LogP contribution in [0.5, 0.6) is 0 Å². The van der Waals surface area contributed by atoms with Gasteiger partial charge >= 0.3 is 0 Å². The Morgan fingerprint density at radius 1 is 0.905 bits per heavy atom. The van der Waals surface area contributed by atoms with Crippen LogP contribution in [-0.4, -0.2) is 9.55 Å². The largest absolute Gasteiger partial charge is 0.330 e. The molecule has 2 aromatic carbocycles. The molecule has 0 amide bonds. The molecule has 1 heterocycles. The lowest BCUT2D eigenvalue weighted by Crippen LogP contribution is -2.00. The van der Waals surface area contributed by atoms with Crippen molar-refractivity contribution in [3.05, 3.63) is 56.5 Å². The molecule has 0 fully saturated rings. The number of aromatic amines is 1. The van der Waals surface area contributed by atoms with E-state index in [0.717, 1.165) is 6.07 Å². The zero-order chi connectivity index (χ0) is 15.3. The lowest BCUT2D eigenvalue weighted by Gasteiger charge is -2.07. The van der Waals surface area contributed by atoms with Crippen LogP contribution in [0, 0.1) is 22.2 Å². The van der Waals surface area contributed by atoms with Crippen molar-refractivity contribution in [3.63, 3.8) is 0 Å². The molecule has 3 rings (SSSR count). The monoisotopic (exact) mass is 348 g/mol. The van der Waals surface area contributed by atoms with Crippen LogP contribution in [0.2, 0.25) is 10.0 Å². The van der Waals surface area contributed by atoms with Crippen LogP contribution in [0.15, 0.2) is 24.3 Å². The molecule has 0 saturated carbocycles. The van der Waals surface area contributed by atoms with Crippen LogP contribution in [0.25, 0.3) is 16.7 Å². The second kappa shape index (κ2) is 5.05. The number of benzene rings is 2. The Labute approximate surface area is 131 Å². The van der Waals surface area contributed by atoms with Gasteiger partial charge < -0.3 is 4.98 Å². The highest BCUT2D eigenvalue weighted by atomic mass is 35.5. The number of nitrogens with one attached hydrogen (secondary N) is 1. The molecule has 0 atom stereocenters. The molecule has 0 saturated heterocycles. The Morgan fingerprint density at radius 2 is 1.52 bits per heavy atom. The maximum Gasteiger partial charge on any atom is 0.182 e. The predicted molar refractivity (Wildman–Crippen MR) is 78.4 cm³/mol. The minimum atomic E-state index is -1.27. The first kappa shape index (κ1) is 14.4. The molecule has 0 aliphatic carbocycles. The van der Waals surface area contributed by atoms with E-state index in [9.17, 15) is 13.2 Å². The number of aromatic nitrogens is 2. The normalized spacial score (nSPS) is 11.3. The van der Waals surface area contributed by atoms with Gasteiger partial charge in [0.15, 0.2) is 16.4 Å². The highest BCUT2D eigenvalue weighted by Crippen LogP contribution is 2.30. The van der Waals surface area contributed by atoms with E-state index in [2.05, 4.69) is 4.98 Å². The summed E-state index contributed by atoms with van der Waals surface area (Å²) in [5, 5.41) is 0.522. The summed E-state index contributed by atoms with van der Waals surface area (Å²) >= 11 is 16.9. The average molecular weight is 349 g/mol. The number of H-pyrrole nitrogens is 1. The number of hydrogen-bond acceptors (Lipinski definition) is 1. The van der Waals surface area contributed by atoms with Gasteiger partial charge in [0.1, 0.15) is 5.82 Å². The second-order valence-electron chi connectivity index (χ2n) is 4.27. The molecule has 21 heavy (non-hydrogen) atoms. The van der Waals surface area contributed by atoms with E-state index >= 15 is 0 Å². The van der Waals surface area contributed by atoms with Gasteiger partial charge in [0.2, 0.25) is 0 Å².